The molecule has 0 heterocycles. The van der Waals surface area contributed by atoms with Crippen molar-refractivity contribution in [2.45, 2.75) is 26.8 Å². The Labute approximate surface area is 115 Å². The summed E-state index contributed by atoms with van der Waals surface area (Å²) in [5.74, 6) is -0.735. The molecule has 0 saturated heterocycles. The molecular formula is C13H16BrNO3. The average molecular weight is 314 g/mol. The van der Waals surface area contributed by atoms with E-state index in [-0.39, 0.29) is 5.91 Å². The fourth-order valence-electron chi connectivity index (χ4n) is 1.42. The summed E-state index contributed by atoms with van der Waals surface area (Å²) in [7, 11) is 0. The van der Waals surface area contributed by atoms with Gasteiger partial charge in [0.15, 0.2) is 0 Å². The maximum absolute atomic E-state index is 12.0. The smallest absolute Gasteiger partial charge is 0.328 e. The van der Waals surface area contributed by atoms with Gasteiger partial charge in [0.05, 0.1) is 12.2 Å². The van der Waals surface area contributed by atoms with Gasteiger partial charge in [-0.2, -0.15) is 0 Å². The molecule has 0 aromatic heterocycles. The molecule has 0 aliphatic heterocycles. The van der Waals surface area contributed by atoms with E-state index in [2.05, 4.69) is 21.2 Å². The third-order valence-electron chi connectivity index (χ3n) is 2.42. The Bertz CT molecular complexity index is 460. The Balaban J connectivity index is 2.77. The van der Waals surface area contributed by atoms with Gasteiger partial charge in [-0.3, -0.25) is 4.79 Å². The Hall–Kier alpha value is -1.36. The molecule has 0 bridgehead atoms. The number of benzene rings is 1. The summed E-state index contributed by atoms with van der Waals surface area (Å²) in [6.07, 6.45) is 0. The Kier molecular flexibility index (Phi) is 5.34. The van der Waals surface area contributed by atoms with Crippen molar-refractivity contribution in [3.8, 4) is 0 Å². The number of aryl methyl sites for hydroxylation is 1. The topological polar surface area (TPSA) is 55.4 Å². The third-order valence-corrected chi connectivity index (χ3v) is 3.48. The largest absolute Gasteiger partial charge is 0.464 e. The number of halogens is 1. The van der Waals surface area contributed by atoms with Crippen molar-refractivity contribution in [1.82, 2.24) is 5.32 Å². The molecule has 0 aliphatic carbocycles. The molecule has 1 unspecified atom stereocenters. The molecule has 5 heteroatoms. The van der Waals surface area contributed by atoms with Crippen molar-refractivity contribution in [2.24, 2.45) is 0 Å². The molecule has 18 heavy (non-hydrogen) atoms. The molecule has 1 amide bonds. The van der Waals surface area contributed by atoms with E-state index in [0.717, 1.165) is 10.0 Å². The standard InChI is InChI=1S/C13H16BrNO3/c1-4-18-13(17)9(3)15-12(16)10-7-5-6-8(2)11(10)14/h5-7,9H,4H2,1-3H3,(H,15,16). The second kappa shape index (κ2) is 6.54. The van der Waals surface area contributed by atoms with Crippen LogP contribution in [0.1, 0.15) is 29.8 Å². The van der Waals surface area contributed by atoms with Crippen molar-refractivity contribution >= 4 is 27.8 Å². The Morgan fingerprint density at radius 1 is 1.44 bits per heavy atom. The van der Waals surface area contributed by atoms with Crippen molar-refractivity contribution in [3.63, 3.8) is 0 Å². The minimum Gasteiger partial charge on any atom is -0.464 e. The number of amides is 1. The van der Waals surface area contributed by atoms with E-state index in [1.54, 1.807) is 26.0 Å². The molecule has 1 N–H and O–H groups in total. The number of carbonyl (C=O) groups is 2. The van der Waals surface area contributed by atoms with E-state index in [1.165, 1.54) is 0 Å². The van der Waals surface area contributed by atoms with Crippen molar-refractivity contribution in [3.05, 3.63) is 33.8 Å². The van der Waals surface area contributed by atoms with Crippen LogP contribution in [-0.2, 0) is 9.53 Å². The second-order valence-electron chi connectivity index (χ2n) is 3.88. The fourth-order valence-corrected chi connectivity index (χ4v) is 1.87. The molecule has 98 valence electrons. The molecule has 1 aromatic carbocycles. The lowest BCUT2D eigenvalue weighted by Crippen LogP contribution is -2.39. The summed E-state index contributed by atoms with van der Waals surface area (Å²) in [5.41, 5.74) is 1.47. The van der Waals surface area contributed by atoms with Crippen molar-refractivity contribution in [1.29, 1.82) is 0 Å². The molecule has 1 aromatic rings. The van der Waals surface area contributed by atoms with Crippen LogP contribution in [0.3, 0.4) is 0 Å². The highest BCUT2D eigenvalue weighted by Gasteiger charge is 2.19. The normalized spacial score (nSPS) is 11.8. The molecule has 4 nitrogen and oxygen atoms in total. The third kappa shape index (κ3) is 3.57. The predicted molar refractivity (Wildman–Crippen MR) is 72.4 cm³/mol. The Morgan fingerprint density at radius 2 is 2.11 bits per heavy atom. The maximum Gasteiger partial charge on any atom is 0.328 e. The van der Waals surface area contributed by atoms with E-state index >= 15 is 0 Å². The van der Waals surface area contributed by atoms with Gasteiger partial charge in [-0.1, -0.05) is 12.1 Å². The highest BCUT2D eigenvalue weighted by molar-refractivity contribution is 9.10. The van der Waals surface area contributed by atoms with Gasteiger partial charge in [0.25, 0.3) is 5.91 Å². The minimum absolute atomic E-state index is 0.299. The quantitative estimate of drug-likeness (QED) is 0.869. The average Bonchev–Trinajstić information content (AvgIpc) is 2.32. The molecule has 1 atom stereocenters. The molecular weight excluding hydrogens is 298 g/mol. The summed E-state index contributed by atoms with van der Waals surface area (Å²) < 4.78 is 5.56. The lowest BCUT2D eigenvalue weighted by atomic mass is 10.1. The first kappa shape index (κ1) is 14.7. The number of ether oxygens (including phenoxy) is 1. The van der Waals surface area contributed by atoms with Gasteiger partial charge in [-0.15, -0.1) is 0 Å². The minimum atomic E-state index is -0.662. The van der Waals surface area contributed by atoms with Crippen molar-refractivity contribution in [2.75, 3.05) is 6.61 Å². The zero-order chi connectivity index (χ0) is 13.7. The number of hydrogen-bond donors (Lipinski definition) is 1. The molecule has 0 spiro atoms. The monoisotopic (exact) mass is 313 g/mol. The summed E-state index contributed by atoms with van der Waals surface area (Å²) in [4.78, 5) is 23.4. The summed E-state index contributed by atoms with van der Waals surface area (Å²) >= 11 is 3.36. The summed E-state index contributed by atoms with van der Waals surface area (Å²) in [6, 6.07) is 4.73. The lowest BCUT2D eigenvalue weighted by Gasteiger charge is -2.13. The predicted octanol–water partition coefficient (Wildman–Crippen LogP) is 2.44. The zero-order valence-corrected chi connectivity index (χ0v) is 12.2. The van der Waals surface area contributed by atoms with Crippen LogP contribution in [0.25, 0.3) is 0 Å². The second-order valence-corrected chi connectivity index (χ2v) is 4.68. The fraction of sp³-hybridized carbons (Fsp3) is 0.385. The first-order chi connectivity index (χ1) is 8.47. The van der Waals surface area contributed by atoms with E-state index < -0.39 is 12.0 Å². The first-order valence-corrected chi connectivity index (χ1v) is 6.49. The van der Waals surface area contributed by atoms with Crippen LogP contribution >= 0.6 is 15.9 Å². The van der Waals surface area contributed by atoms with E-state index in [1.807, 2.05) is 13.0 Å². The number of nitrogens with one attached hydrogen (secondary N) is 1. The van der Waals surface area contributed by atoms with Crippen LogP contribution in [0.5, 0.6) is 0 Å². The van der Waals surface area contributed by atoms with Gasteiger partial charge in [0.1, 0.15) is 6.04 Å². The van der Waals surface area contributed by atoms with Crippen LogP contribution in [-0.4, -0.2) is 24.5 Å². The number of rotatable bonds is 4. The van der Waals surface area contributed by atoms with Gasteiger partial charge in [-0.05, 0) is 48.3 Å². The van der Waals surface area contributed by atoms with Crippen molar-refractivity contribution < 1.29 is 14.3 Å². The maximum atomic E-state index is 12.0. The SMILES string of the molecule is CCOC(=O)C(C)NC(=O)c1cccc(C)c1Br. The summed E-state index contributed by atoms with van der Waals surface area (Å²) in [6.45, 7) is 5.52. The molecule has 1 rings (SSSR count). The van der Waals surface area contributed by atoms with Crippen LogP contribution in [0.2, 0.25) is 0 Å². The Morgan fingerprint density at radius 3 is 2.72 bits per heavy atom. The van der Waals surface area contributed by atoms with E-state index in [4.69, 9.17) is 4.74 Å². The molecule has 0 fully saturated rings. The van der Waals surface area contributed by atoms with Gasteiger partial charge in [0, 0.05) is 4.47 Å². The van der Waals surface area contributed by atoms with E-state index in [9.17, 15) is 9.59 Å². The first-order valence-electron chi connectivity index (χ1n) is 5.70. The molecule has 0 radical (unpaired) electrons. The van der Waals surface area contributed by atoms with Crippen LogP contribution in [0, 0.1) is 6.92 Å². The van der Waals surface area contributed by atoms with E-state index in [0.29, 0.717) is 12.2 Å². The van der Waals surface area contributed by atoms with Gasteiger partial charge >= 0.3 is 5.97 Å². The van der Waals surface area contributed by atoms with Gasteiger partial charge in [0.2, 0.25) is 0 Å². The number of carbonyl (C=O) groups excluding carboxylic acids is 2. The number of esters is 1. The number of hydrogen-bond acceptors (Lipinski definition) is 3. The highest BCUT2D eigenvalue weighted by Crippen LogP contribution is 2.20. The zero-order valence-electron chi connectivity index (χ0n) is 10.6. The molecule has 0 saturated carbocycles. The van der Waals surface area contributed by atoms with Crippen LogP contribution < -0.4 is 5.32 Å². The van der Waals surface area contributed by atoms with Gasteiger partial charge < -0.3 is 10.1 Å². The van der Waals surface area contributed by atoms with Gasteiger partial charge in [-0.25, -0.2) is 4.79 Å². The molecule has 0 aliphatic rings. The highest BCUT2D eigenvalue weighted by atomic mass is 79.9. The van der Waals surface area contributed by atoms with Crippen LogP contribution in [0.15, 0.2) is 22.7 Å². The lowest BCUT2D eigenvalue weighted by molar-refractivity contribution is -0.144. The summed E-state index contributed by atoms with van der Waals surface area (Å²) in [5, 5.41) is 2.61. The van der Waals surface area contributed by atoms with Crippen LogP contribution in [0.4, 0.5) is 0 Å².